The summed E-state index contributed by atoms with van der Waals surface area (Å²) in [7, 11) is -3.63. The van der Waals surface area contributed by atoms with E-state index in [0.29, 0.717) is 24.3 Å². The van der Waals surface area contributed by atoms with Crippen LogP contribution in [0.25, 0.3) is 0 Å². The van der Waals surface area contributed by atoms with E-state index in [1.165, 1.54) is 13.0 Å². The van der Waals surface area contributed by atoms with Crippen molar-refractivity contribution in [3.8, 4) is 0 Å². The number of rotatable bonds is 5. The van der Waals surface area contributed by atoms with Gasteiger partial charge in [0.15, 0.2) is 5.78 Å². The summed E-state index contributed by atoms with van der Waals surface area (Å²) >= 11 is 0. The molecule has 0 bridgehead atoms. The quantitative estimate of drug-likeness (QED) is 0.760. The minimum atomic E-state index is -3.63. The fourth-order valence-electron chi connectivity index (χ4n) is 2.82. The highest BCUT2D eigenvalue weighted by atomic mass is 32.2. The molecular weight excluding hydrogens is 328 g/mol. The molecular formula is C17H24N2O4S. The molecule has 0 radical (unpaired) electrons. The smallest absolute Gasteiger partial charge is 0.243 e. The Morgan fingerprint density at radius 3 is 2.29 bits per heavy atom. The van der Waals surface area contributed by atoms with Crippen molar-refractivity contribution >= 4 is 27.4 Å². The van der Waals surface area contributed by atoms with Crippen molar-refractivity contribution in [1.29, 1.82) is 0 Å². The van der Waals surface area contributed by atoms with Crippen LogP contribution in [-0.4, -0.2) is 50.9 Å². The van der Waals surface area contributed by atoms with E-state index >= 15 is 0 Å². The molecule has 1 saturated heterocycles. The van der Waals surface area contributed by atoms with Crippen LogP contribution in [0.5, 0.6) is 0 Å². The zero-order chi connectivity index (χ0) is 17.7. The van der Waals surface area contributed by atoms with Crippen LogP contribution < -0.4 is 4.31 Å². The number of ketones is 1. The lowest BCUT2D eigenvalue weighted by atomic mass is 10.1. The van der Waals surface area contributed by atoms with Crippen molar-refractivity contribution in [1.82, 2.24) is 4.90 Å². The van der Waals surface area contributed by atoms with Gasteiger partial charge in [-0.2, -0.15) is 0 Å². The molecule has 1 aromatic rings. The molecule has 0 aromatic heterocycles. The fraction of sp³-hybridized carbons (Fsp3) is 0.529. The summed E-state index contributed by atoms with van der Waals surface area (Å²) in [6.07, 6.45) is 5.17. The molecule has 7 heteroatoms. The molecule has 0 aliphatic carbocycles. The third-order valence-electron chi connectivity index (χ3n) is 4.18. The monoisotopic (exact) mass is 352 g/mol. The summed E-state index contributed by atoms with van der Waals surface area (Å²) in [5, 5.41) is 0. The Kier molecular flexibility index (Phi) is 5.99. The Morgan fingerprint density at radius 1 is 1.12 bits per heavy atom. The Balaban J connectivity index is 2.24. The van der Waals surface area contributed by atoms with Crippen LogP contribution in [0.15, 0.2) is 24.3 Å². The molecule has 1 aliphatic rings. The van der Waals surface area contributed by atoms with Crippen molar-refractivity contribution in [3.05, 3.63) is 29.8 Å². The Morgan fingerprint density at radius 2 is 1.75 bits per heavy atom. The Labute approximate surface area is 143 Å². The maximum atomic E-state index is 12.6. The number of carbonyl (C=O) groups excluding carboxylic acids is 2. The number of benzene rings is 1. The van der Waals surface area contributed by atoms with Gasteiger partial charge in [-0.1, -0.05) is 25.0 Å². The highest BCUT2D eigenvalue weighted by Crippen LogP contribution is 2.20. The van der Waals surface area contributed by atoms with Crippen molar-refractivity contribution in [3.63, 3.8) is 0 Å². The normalized spacial score (nSPS) is 15.7. The molecule has 24 heavy (non-hydrogen) atoms. The highest BCUT2D eigenvalue weighted by Gasteiger charge is 2.24. The molecule has 1 aliphatic heterocycles. The second-order valence-electron chi connectivity index (χ2n) is 6.17. The molecule has 132 valence electrons. The van der Waals surface area contributed by atoms with Crippen LogP contribution in [0.3, 0.4) is 0 Å². The van der Waals surface area contributed by atoms with E-state index in [1.54, 1.807) is 23.1 Å². The van der Waals surface area contributed by atoms with Crippen molar-refractivity contribution in [2.24, 2.45) is 0 Å². The van der Waals surface area contributed by atoms with Gasteiger partial charge in [-0.3, -0.25) is 13.9 Å². The summed E-state index contributed by atoms with van der Waals surface area (Å²) in [6.45, 7) is 2.53. The number of likely N-dealkylation sites (tertiary alicyclic amines) is 1. The number of sulfonamides is 1. The van der Waals surface area contributed by atoms with Crippen LogP contribution in [0, 0.1) is 0 Å². The predicted molar refractivity (Wildman–Crippen MR) is 93.7 cm³/mol. The van der Waals surface area contributed by atoms with E-state index < -0.39 is 10.0 Å². The van der Waals surface area contributed by atoms with Gasteiger partial charge < -0.3 is 4.90 Å². The highest BCUT2D eigenvalue weighted by molar-refractivity contribution is 7.92. The number of hydrogen-bond acceptors (Lipinski definition) is 4. The molecule has 1 amide bonds. The number of nitrogens with zero attached hydrogens (tertiary/aromatic N) is 2. The van der Waals surface area contributed by atoms with Crippen LogP contribution >= 0.6 is 0 Å². The van der Waals surface area contributed by atoms with Gasteiger partial charge in [0.2, 0.25) is 15.9 Å². The van der Waals surface area contributed by atoms with E-state index in [0.717, 1.165) is 36.2 Å². The summed E-state index contributed by atoms with van der Waals surface area (Å²) < 4.78 is 25.4. The molecule has 0 atom stereocenters. The lowest BCUT2D eigenvalue weighted by molar-refractivity contribution is -0.129. The van der Waals surface area contributed by atoms with Gasteiger partial charge in [0.05, 0.1) is 11.9 Å². The van der Waals surface area contributed by atoms with Gasteiger partial charge in [-0.25, -0.2) is 8.42 Å². The molecule has 0 unspecified atom stereocenters. The number of anilines is 1. The minimum Gasteiger partial charge on any atom is -0.341 e. The third-order valence-corrected chi connectivity index (χ3v) is 5.32. The standard InChI is InChI=1S/C17H24N2O4S/c1-14(20)15-8-7-9-16(12-15)19(24(2,22)23)13-17(21)18-10-5-3-4-6-11-18/h7-9,12H,3-6,10-11,13H2,1-2H3. The van der Waals surface area contributed by atoms with Gasteiger partial charge in [-0.15, -0.1) is 0 Å². The van der Waals surface area contributed by atoms with Gasteiger partial charge in [0.1, 0.15) is 6.54 Å². The van der Waals surface area contributed by atoms with E-state index in [2.05, 4.69) is 0 Å². The Hall–Kier alpha value is -1.89. The van der Waals surface area contributed by atoms with E-state index in [9.17, 15) is 18.0 Å². The van der Waals surface area contributed by atoms with Gasteiger partial charge in [0, 0.05) is 18.7 Å². The number of hydrogen-bond donors (Lipinski definition) is 0. The van der Waals surface area contributed by atoms with Crippen LogP contribution in [-0.2, 0) is 14.8 Å². The zero-order valence-corrected chi connectivity index (χ0v) is 15.0. The average molecular weight is 352 g/mol. The first-order valence-corrected chi connectivity index (χ1v) is 10.0. The summed E-state index contributed by atoms with van der Waals surface area (Å²) in [4.78, 5) is 25.8. The molecule has 0 saturated carbocycles. The topological polar surface area (TPSA) is 74.8 Å². The summed E-state index contributed by atoms with van der Waals surface area (Å²) in [5.41, 5.74) is 0.761. The number of Topliss-reactive ketones (excluding diaryl/α,β-unsaturated/α-hetero) is 1. The van der Waals surface area contributed by atoms with Crippen molar-refractivity contribution < 1.29 is 18.0 Å². The van der Waals surface area contributed by atoms with Crippen molar-refractivity contribution in [2.45, 2.75) is 32.6 Å². The maximum Gasteiger partial charge on any atom is 0.243 e. The van der Waals surface area contributed by atoms with E-state index in [-0.39, 0.29) is 18.2 Å². The first kappa shape index (κ1) is 18.4. The third kappa shape index (κ3) is 4.80. The largest absolute Gasteiger partial charge is 0.341 e. The number of amides is 1. The second kappa shape index (κ2) is 7.79. The van der Waals surface area contributed by atoms with E-state index in [4.69, 9.17) is 0 Å². The minimum absolute atomic E-state index is 0.149. The second-order valence-corrected chi connectivity index (χ2v) is 8.08. The zero-order valence-electron chi connectivity index (χ0n) is 14.2. The molecule has 2 rings (SSSR count). The molecule has 6 nitrogen and oxygen atoms in total. The first-order chi connectivity index (χ1) is 11.3. The lowest BCUT2D eigenvalue weighted by Crippen LogP contribution is -2.43. The lowest BCUT2D eigenvalue weighted by Gasteiger charge is -2.26. The fourth-order valence-corrected chi connectivity index (χ4v) is 3.66. The van der Waals surface area contributed by atoms with Gasteiger partial charge in [-0.05, 0) is 31.9 Å². The first-order valence-electron chi connectivity index (χ1n) is 8.15. The number of carbonyl (C=O) groups is 2. The molecule has 0 spiro atoms. The average Bonchev–Trinajstić information content (AvgIpc) is 2.80. The maximum absolute atomic E-state index is 12.6. The Bertz CT molecular complexity index is 707. The molecule has 1 heterocycles. The van der Waals surface area contributed by atoms with Gasteiger partial charge >= 0.3 is 0 Å². The SMILES string of the molecule is CC(=O)c1cccc(N(CC(=O)N2CCCCCC2)S(C)(=O)=O)c1. The predicted octanol–water partition coefficient (Wildman–Crippen LogP) is 2.06. The van der Waals surface area contributed by atoms with Crippen LogP contribution in [0.4, 0.5) is 5.69 Å². The summed E-state index contributed by atoms with van der Waals surface area (Å²) in [5.74, 6) is -0.348. The molecule has 1 aromatic carbocycles. The van der Waals surface area contributed by atoms with Gasteiger partial charge in [0.25, 0.3) is 0 Å². The van der Waals surface area contributed by atoms with E-state index in [1.807, 2.05) is 0 Å². The molecule has 0 N–H and O–H groups in total. The molecule has 1 fully saturated rings. The van der Waals surface area contributed by atoms with Crippen LogP contribution in [0.2, 0.25) is 0 Å². The van der Waals surface area contributed by atoms with Crippen LogP contribution in [0.1, 0.15) is 43.0 Å². The van der Waals surface area contributed by atoms with Crippen molar-refractivity contribution in [2.75, 3.05) is 30.2 Å². The summed E-state index contributed by atoms with van der Waals surface area (Å²) in [6, 6.07) is 6.37.